The van der Waals surface area contributed by atoms with Crippen molar-refractivity contribution in [1.29, 1.82) is 0 Å². The van der Waals surface area contributed by atoms with Crippen molar-refractivity contribution < 1.29 is 27.8 Å². The largest absolute Gasteiger partial charge is 0.396 e. The van der Waals surface area contributed by atoms with Crippen molar-refractivity contribution in [3.05, 3.63) is 35.1 Å². The third kappa shape index (κ3) is 3.54. The first kappa shape index (κ1) is 15.8. The Morgan fingerprint density at radius 2 is 2.00 bits per heavy atom. The van der Waals surface area contributed by atoms with Crippen LogP contribution in [0.25, 0.3) is 0 Å². The van der Waals surface area contributed by atoms with Crippen LogP contribution in [0.4, 0.5) is 13.2 Å². The molecule has 1 aromatic rings. The molecule has 0 aliphatic carbocycles. The van der Waals surface area contributed by atoms with Crippen molar-refractivity contribution >= 4 is 5.91 Å². The van der Waals surface area contributed by atoms with Crippen LogP contribution in [0, 0.1) is 22.9 Å². The molecule has 7 heteroatoms. The molecule has 1 heterocycles. The van der Waals surface area contributed by atoms with Gasteiger partial charge in [-0.25, -0.2) is 13.2 Å². The summed E-state index contributed by atoms with van der Waals surface area (Å²) in [5, 5.41) is 11.6. The molecule has 2 rings (SSSR count). The molecule has 1 aliphatic rings. The summed E-state index contributed by atoms with van der Waals surface area (Å²) >= 11 is 0. The zero-order valence-corrected chi connectivity index (χ0v) is 11.3. The predicted octanol–water partition coefficient (Wildman–Crippen LogP) is 1.62. The number of rotatable bonds is 5. The van der Waals surface area contributed by atoms with E-state index in [-0.39, 0.29) is 24.1 Å². The van der Waals surface area contributed by atoms with Crippen molar-refractivity contribution in [3.63, 3.8) is 0 Å². The maximum Gasteiger partial charge on any atom is 0.251 e. The van der Waals surface area contributed by atoms with E-state index in [1.807, 2.05) is 0 Å². The Bertz CT molecular complexity index is 507. The van der Waals surface area contributed by atoms with Gasteiger partial charge in [0.25, 0.3) is 5.91 Å². The van der Waals surface area contributed by atoms with Crippen LogP contribution < -0.4 is 5.32 Å². The Hall–Kier alpha value is -1.60. The number of ether oxygens (including phenoxy) is 1. The Kier molecular flexibility index (Phi) is 4.84. The van der Waals surface area contributed by atoms with Crippen molar-refractivity contribution in [1.82, 2.24) is 5.32 Å². The van der Waals surface area contributed by atoms with E-state index < -0.39 is 23.4 Å². The molecule has 0 bridgehead atoms. The van der Waals surface area contributed by atoms with Crippen LogP contribution >= 0.6 is 0 Å². The van der Waals surface area contributed by atoms with Gasteiger partial charge in [-0.2, -0.15) is 0 Å². The molecule has 116 valence electrons. The molecule has 4 nitrogen and oxygen atoms in total. The Labute approximate surface area is 119 Å². The quantitative estimate of drug-likeness (QED) is 0.813. The molecule has 21 heavy (non-hydrogen) atoms. The van der Waals surface area contributed by atoms with E-state index in [0.29, 0.717) is 38.2 Å². The number of aliphatic hydroxyl groups is 1. The van der Waals surface area contributed by atoms with Gasteiger partial charge in [-0.1, -0.05) is 0 Å². The maximum absolute atomic E-state index is 13.1. The third-order valence-electron chi connectivity index (χ3n) is 3.70. The second-order valence-electron chi connectivity index (χ2n) is 5.21. The highest BCUT2D eigenvalue weighted by Crippen LogP contribution is 2.31. The van der Waals surface area contributed by atoms with Gasteiger partial charge in [0.2, 0.25) is 0 Å². The van der Waals surface area contributed by atoms with E-state index in [2.05, 4.69) is 5.32 Å². The highest BCUT2D eigenvalue weighted by atomic mass is 19.2. The molecule has 0 radical (unpaired) electrons. The fourth-order valence-corrected chi connectivity index (χ4v) is 2.37. The molecule has 2 N–H and O–H groups in total. The molecular weight excluding hydrogens is 287 g/mol. The lowest BCUT2D eigenvalue weighted by Gasteiger charge is -2.26. The second-order valence-corrected chi connectivity index (χ2v) is 5.21. The number of aliphatic hydroxyl groups excluding tert-OH is 1. The molecule has 1 fully saturated rings. The second kappa shape index (κ2) is 6.44. The summed E-state index contributed by atoms with van der Waals surface area (Å²) in [6.45, 7) is 1.11. The summed E-state index contributed by atoms with van der Waals surface area (Å²) in [5.74, 6) is -5.12. The minimum absolute atomic E-state index is 0.0426. The van der Waals surface area contributed by atoms with Gasteiger partial charge >= 0.3 is 0 Å². The van der Waals surface area contributed by atoms with Gasteiger partial charge in [-0.3, -0.25) is 4.79 Å². The molecule has 0 aromatic heterocycles. The summed E-state index contributed by atoms with van der Waals surface area (Å²) in [5.41, 5.74) is -0.661. The van der Waals surface area contributed by atoms with Crippen LogP contribution in [0.2, 0.25) is 0 Å². The summed E-state index contributed by atoms with van der Waals surface area (Å²) in [4.78, 5) is 11.9. The number of nitrogens with one attached hydrogen (secondary N) is 1. The fourth-order valence-electron chi connectivity index (χ4n) is 2.37. The normalized spacial score (nSPS) is 21.5. The lowest BCUT2D eigenvalue weighted by molar-refractivity contribution is 0.0888. The molecule has 0 saturated carbocycles. The van der Waals surface area contributed by atoms with Gasteiger partial charge in [-0.15, -0.1) is 0 Å². The highest BCUT2D eigenvalue weighted by molar-refractivity contribution is 5.94. The van der Waals surface area contributed by atoms with Crippen LogP contribution in [-0.2, 0) is 4.74 Å². The lowest BCUT2D eigenvalue weighted by atomic mass is 9.84. The molecule has 0 unspecified atom stereocenters. The highest BCUT2D eigenvalue weighted by Gasteiger charge is 2.34. The summed E-state index contributed by atoms with van der Waals surface area (Å²) < 4.78 is 44.3. The summed E-state index contributed by atoms with van der Waals surface area (Å²) in [6, 6.07) is 1.30. The molecule has 1 saturated heterocycles. The van der Waals surface area contributed by atoms with Crippen LogP contribution in [-0.4, -0.2) is 37.4 Å². The molecule has 1 aliphatic heterocycles. The van der Waals surface area contributed by atoms with Gasteiger partial charge in [0, 0.05) is 30.7 Å². The zero-order chi connectivity index (χ0) is 15.5. The molecule has 1 amide bonds. The van der Waals surface area contributed by atoms with Crippen LogP contribution in [0.5, 0.6) is 0 Å². The third-order valence-corrected chi connectivity index (χ3v) is 3.70. The monoisotopic (exact) mass is 303 g/mol. The number of hydrogen-bond acceptors (Lipinski definition) is 3. The number of hydrogen-bond donors (Lipinski definition) is 2. The molecule has 1 aromatic carbocycles. The maximum atomic E-state index is 13.1. The van der Waals surface area contributed by atoms with Gasteiger partial charge in [0.05, 0.1) is 6.61 Å². The SMILES string of the molecule is O=C(NC[C@@]1(CCO)CCOC1)c1cc(F)c(F)c(F)c1. The number of carbonyl (C=O) groups excluding carboxylic acids is 1. The Morgan fingerprint density at radius 1 is 1.33 bits per heavy atom. The lowest BCUT2D eigenvalue weighted by Crippen LogP contribution is -2.38. The first-order valence-corrected chi connectivity index (χ1v) is 6.59. The molecule has 0 spiro atoms. The van der Waals surface area contributed by atoms with Crippen LogP contribution in [0.3, 0.4) is 0 Å². The average molecular weight is 303 g/mol. The number of benzene rings is 1. The van der Waals surface area contributed by atoms with Gasteiger partial charge in [0.1, 0.15) is 0 Å². The van der Waals surface area contributed by atoms with Crippen molar-refractivity contribution in [2.75, 3.05) is 26.4 Å². The Balaban J connectivity index is 2.04. The average Bonchev–Trinajstić information content (AvgIpc) is 2.91. The van der Waals surface area contributed by atoms with Crippen molar-refractivity contribution in [2.24, 2.45) is 5.41 Å². The fraction of sp³-hybridized carbons (Fsp3) is 0.500. The zero-order valence-electron chi connectivity index (χ0n) is 11.3. The smallest absolute Gasteiger partial charge is 0.251 e. The van der Waals surface area contributed by atoms with Crippen molar-refractivity contribution in [3.8, 4) is 0 Å². The van der Waals surface area contributed by atoms with E-state index >= 15 is 0 Å². The van der Waals surface area contributed by atoms with Crippen LogP contribution in [0.1, 0.15) is 23.2 Å². The van der Waals surface area contributed by atoms with E-state index in [9.17, 15) is 18.0 Å². The van der Waals surface area contributed by atoms with Gasteiger partial charge in [0.15, 0.2) is 17.5 Å². The molecular formula is C14H16F3NO3. The predicted molar refractivity (Wildman–Crippen MR) is 68.2 cm³/mol. The van der Waals surface area contributed by atoms with Gasteiger partial charge < -0.3 is 15.2 Å². The van der Waals surface area contributed by atoms with Gasteiger partial charge in [-0.05, 0) is 25.0 Å². The number of amides is 1. The van der Waals surface area contributed by atoms with E-state index in [1.165, 1.54) is 0 Å². The Morgan fingerprint density at radius 3 is 2.52 bits per heavy atom. The van der Waals surface area contributed by atoms with Crippen LogP contribution in [0.15, 0.2) is 12.1 Å². The minimum Gasteiger partial charge on any atom is -0.396 e. The van der Waals surface area contributed by atoms with E-state index in [4.69, 9.17) is 9.84 Å². The van der Waals surface area contributed by atoms with E-state index in [1.54, 1.807) is 0 Å². The van der Waals surface area contributed by atoms with Crippen molar-refractivity contribution in [2.45, 2.75) is 12.8 Å². The topological polar surface area (TPSA) is 58.6 Å². The van der Waals surface area contributed by atoms with E-state index in [0.717, 1.165) is 0 Å². The number of halogens is 3. The first-order valence-electron chi connectivity index (χ1n) is 6.59. The molecule has 1 atom stereocenters. The standard InChI is InChI=1S/C14H16F3NO3/c15-10-5-9(6-11(16)12(10)17)13(20)18-7-14(1-3-19)2-4-21-8-14/h5-6,19H,1-4,7-8H2,(H,18,20)/t14-/m1/s1. The minimum atomic E-state index is -1.60. The first-order chi connectivity index (χ1) is 9.97. The summed E-state index contributed by atoms with van der Waals surface area (Å²) in [7, 11) is 0. The number of carbonyl (C=O) groups is 1. The summed E-state index contributed by atoms with van der Waals surface area (Å²) in [6.07, 6.45) is 1.14.